The van der Waals surface area contributed by atoms with E-state index < -0.39 is 18.4 Å². The predicted molar refractivity (Wildman–Crippen MR) is 157 cm³/mol. The zero-order valence-corrected chi connectivity index (χ0v) is 24.6. The van der Waals surface area contributed by atoms with Crippen molar-refractivity contribution in [2.24, 2.45) is 0 Å². The van der Waals surface area contributed by atoms with E-state index in [1.54, 1.807) is 23.5 Å². The summed E-state index contributed by atoms with van der Waals surface area (Å²) >= 11 is 12.3. The Balaban J connectivity index is 1.86. The number of rotatable bonds is 6. The molecule has 164 valence electrons. The monoisotopic (exact) mass is 608 g/mol. The molecule has 0 aliphatic heterocycles. The summed E-state index contributed by atoms with van der Waals surface area (Å²) in [6.45, 7) is 4.22. The van der Waals surface area contributed by atoms with Gasteiger partial charge >= 0.3 is 222 Å². The molecule has 0 nitrogen and oxygen atoms in total. The summed E-state index contributed by atoms with van der Waals surface area (Å²) in [6.07, 6.45) is 0. The summed E-state index contributed by atoms with van der Waals surface area (Å²) in [4.78, 5) is 2.34. The molecule has 0 heterocycles. The first kappa shape index (κ1) is 24.7. The molecular formula is C28H24S4Sn. The fourth-order valence-electron chi connectivity index (χ4n) is 3.68. The van der Waals surface area contributed by atoms with Crippen LogP contribution in [0.2, 0.25) is 0 Å². The van der Waals surface area contributed by atoms with Gasteiger partial charge in [-0.3, -0.25) is 0 Å². The summed E-state index contributed by atoms with van der Waals surface area (Å²) in [5.74, 6) is 0. The van der Waals surface area contributed by atoms with E-state index in [1.165, 1.54) is 28.1 Å². The van der Waals surface area contributed by atoms with Crippen LogP contribution in [0.1, 0.15) is 11.1 Å². The van der Waals surface area contributed by atoms with Gasteiger partial charge < -0.3 is 0 Å². The van der Waals surface area contributed by atoms with E-state index >= 15 is 0 Å². The Morgan fingerprint density at radius 1 is 0.515 bits per heavy atom. The Morgan fingerprint density at radius 3 is 1.18 bits per heavy atom. The van der Waals surface area contributed by atoms with Crippen LogP contribution in [-0.2, 0) is 0 Å². The molecule has 0 spiro atoms. The molecule has 0 aliphatic carbocycles. The second-order valence-electron chi connectivity index (χ2n) is 7.89. The van der Waals surface area contributed by atoms with Gasteiger partial charge in [-0.2, -0.15) is 0 Å². The van der Waals surface area contributed by atoms with Gasteiger partial charge in [0.15, 0.2) is 0 Å². The fourth-order valence-corrected chi connectivity index (χ4v) is 29.0. The molecule has 0 fully saturated rings. The van der Waals surface area contributed by atoms with Crippen LogP contribution in [-0.4, -0.2) is 22.8 Å². The molecule has 4 rings (SSSR count). The van der Waals surface area contributed by atoms with Crippen molar-refractivity contribution in [1.82, 2.24) is 0 Å². The molecule has 0 saturated carbocycles. The number of aryl methyl sites for hydroxylation is 2. The first-order valence-electron chi connectivity index (χ1n) is 10.7. The van der Waals surface area contributed by atoms with Crippen LogP contribution in [0.5, 0.6) is 0 Å². The Hall–Kier alpha value is -1.44. The molecule has 0 bridgehead atoms. The van der Waals surface area contributed by atoms with Gasteiger partial charge in [-0.25, -0.2) is 0 Å². The molecule has 0 radical (unpaired) electrons. The zero-order valence-electron chi connectivity index (χ0n) is 18.5. The molecular weight excluding hydrogens is 583 g/mol. The van der Waals surface area contributed by atoms with Gasteiger partial charge in [0, 0.05) is 0 Å². The fraction of sp³-hybridized carbons (Fsp3) is 0.0714. The molecule has 0 amide bonds. The van der Waals surface area contributed by atoms with Crippen molar-refractivity contribution in [3.63, 3.8) is 0 Å². The Morgan fingerprint density at radius 2 is 0.848 bits per heavy atom. The second kappa shape index (κ2) is 11.3. The summed E-state index contributed by atoms with van der Waals surface area (Å²) in [5, 5.41) is 0. The van der Waals surface area contributed by atoms with E-state index in [1.807, 2.05) is 0 Å². The van der Waals surface area contributed by atoms with Gasteiger partial charge in [0.1, 0.15) is 0 Å². The molecule has 33 heavy (non-hydrogen) atoms. The SMILES string of the molecule is Cc1ccc(S[C](=S)[Sn]([C](=S)Sc2ccc(C)cc2)([c]2ccccc2)[c]2ccccc2)cc1. The first-order valence-corrected chi connectivity index (χ1v) is 18.8. The van der Waals surface area contributed by atoms with E-state index in [2.05, 4.69) is 123 Å². The van der Waals surface area contributed by atoms with E-state index in [4.69, 9.17) is 24.4 Å². The van der Waals surface area contributed by atoms with Gasteiger partial charge in [0.25, 0.3) is 0 Å². The van der Waals surface area contributed by atoms with Gasteiger partial charge in [-0.15, -0.1) is 0 Å². The van der Waals surface area contributed by atoms with Gasteiger partial charge in [-0.05, 0) is 0 Å². The van der Waals surface area contributed by atoms with Crippen LogP contribution < -0.4 is 7.16 Å². The molecule has 0 aliphatic rings. The average Bonchev–Trinajstić information content (AvgIpc) is 2.84. The molecule has 0 saturated heterocycles. The van der Waals surface area contributed by atoms with Gasteiger partial charge in [0.05, 0.1) is 0 Å². The summed E-state index contributed by atoms with van der Waals surface area (Å²) in [7, 11) is 0. The summed E-state index contributed by atoms with van der Waals surface area (Å²) < 4.78 is 4.67. The van der Waals surface area contributed by atoms with Crippen LogP contribution in [0.4, 0.5) is 0 Å². The topological polar surface area (TPSA) is 0 Å². The maximum atomic E-state index is 6.34. The number of benzene rings is 4. The van der Waals surface area contributed by atoms with Crippen LogP contribution in [0.3, 0.4) is 0 Å². The molecule has 4 aromatic carbocycles. The van der Waals surface area contributed by atoms with Crippen LogP contribution in [0, 0.1) is 13.8 Å². The van der Waals surface area contributed by atoms with E-state index in [9.17, 15) is 0 Å². The van der Waals surface area contributed by atoms with Crippen LogP contribution in [0.25, 0.3) is 0 Å². The van der Waals surface area contributed by atoms with E-state index in [0.717, 1.165) is 4.43 Å². The number of hydrogen-bond donors (Lipinski definition) is 0. The second-order valence-corrected chi connectivity index (χ2v) is 26.0. The zero-order chi connectivity index (χ0) is 23.3. The molecule has 0 aromatic heterocycles. The molecule has 0 atom stereocenters. The third-order valence-electron chi connectivity index (χ3n) is 5.49. The number of hydrogen-bond acceptors (Lipinski definition) is 4. The predicted octanol–water partition coefficient (Wildman–Crippen LogP) is 7.18. The minimum absolute atomic E-state index is 1.04. The van der Waals surface area contributed by atoms with Crippen molar-refractivity contribution in [2.75, 3.05) is 0 Å². The Labute approximate surface area is 220 Å². The van der Waals surface area contributed by atoms with E-state index in [-0.39, 0.29) is 0 Å². The standard InChI is InChI=1S/2C8H7S2.2C6H5.Sn/c2*1-7-2-4-8(5-3-7)10-6-9;2*1-2-4-6-5-3-1;/h2*2-5H,1H3;2*1-5H;. The molecule has 5 heteroatoms. The minimum atomic E-state index is -3.81. The Kier molecular flexibility index (Phi) is 8.47. The quantitative estimate of drug-likeness (QED) is 0.129. The molecule has 0 N–H and O–H groups in total. The van der Waals surface area contributed by atoms with Gasteiger partial charge in [-0.1, -0.05) is 0 Å². The summed E-state index contributed by atoms with van der Waals surface area (Å²) in [5.41, 5.74) is 2.49. The number of thiocarbonyl (C=S) groups is 2. The molecule has 0 unspecified atom stereocenters. The van der Waals surface area contributed by atoms with Crippen LogP contribution >= 0.6 is 48.0 Å². The van der Waals surface area contributed by atoms with Crippen LogP contribution in [0.15, 0.2) is 119 Å². The maximum absolute atomic E-state index is 6.34. The third kappa shape index (κ3) is 5.63. The van der Waals surface area contributed by atoms with Crippen molar-refractivity contribution in [1.29, 1.82) is 0 Å². The van der Waals surface area contributed by atoms with Crippen molar-refractivity contribution in [3.05, 3.63) is 120 Å². The molecule has 4 aromatic rings. The summed E-state index contributed by atoms with van der Waals surface area (Å²) in [6, 6.07) is 38.7. The number of thioether (sulfide) groups is 2. The van der Waals surface area contributed by atoms with E-state index in [0.29, 0.717) is 0 Å². The van der Waals surface area contributed by atoms with Crippen molar-refractivity contribution in [3.8, 4) is 0 Å². The van der Waals surface area contributed by atoms with Crippen molar-refractivity contribution < 1.29 is 0 Å². The normalized spacial score (nSPS) is 11.2. The van der Waals surface area contributed by atoms with Crippen molar-refractivity contribution >= 4 is 77.9 Å². The Bertz CT molecular complexity index is 1130. The van der Waals surface area contributed by atoms with Crippen molar-refractivity contribution in [2.45, 2.75) is 23.6 Å². The third-order valence-corrected chi connectivity index (χ3v) is 27.7. The first-order chi connectivity index (χ1) is 16.0. The average molecular weight is 607 g/mol. The van der Waals surface area contributed by atoms with Gasteiger partial charge in [0.2, 0.25) is 0 Å².